The lowest BCUT2D eigenvalue weighted by atomic mass is 10.2. The van der Waals surface area contributed by atoms with E-state index < -0.39 is 9.05 Å². The summed E-state index contributed by atoms with van der Waals surface area (Å²) in [6.07, 6.45) is 1.87. The van der Waals surface area contributed by atoms with Gasteiger partial charge in [0, 0.05) is 21.1 Å². The van der Waals surface area contributed by atoms with Crippen LogP contribution in [0.25, 0.3) is 0 Å². The molecule has 0 spiro atoms. The van der Waals surface area contributed by atoms with Crippen LogP contribution < -0.4 is 0 Å². The van der Waals surface area contributed by atoms with Gasteiger partial charge in [-0.15, -0.1) is 11.8 Å². The van der Waals surface area contributed by atoms with E-state index in [0.717, 1.165) is 4.90 Å². The summed E-state index contributed by atoms with van der Waals surface area (Å²) in [6, 6.07) is 4.81. The van der Waals surface area contributed by atoms with E-state index in [1.807, 2.05) is 6.26 Å². The quantitative estimate of drug-likeness (QED) is 0.662. The molecule has 0 aliphatic rings. The minimum absolute atomic E-state index is 0.0407. The van der Waals surface area contributed by atoms with E-state index in [2.05, 4.69) is 0 Å². The fourth-order valence-corrected chi connectivity index (χ4v) is 2.38. The number of hydrogen-bond acceptors (Lipinski definition) is 4. The molecule has 1 N–H and O–H groups in total. The topological polar surface area (TPSA) is 54.4 Å². The highest BCUT2D eigenvalue weighted by molar-refractivity contribution is 8.13. The number of hydrogen-bond donors (Lipinski definition) is 1. The van der Waals surface area contributed by atoms with Crippen LogP contribution in [0.1, 0.15) is 5.56 Å². The van der Waals surface area contributed by atoms with Crippen LogP contribution in [-0.2, 0) is 14.8 Å². The first kappa shape index (κ1) is 11.7. The van der Waals surface area contributed by atoms with Crippen molar-refractivity contribution in [1.82, 2.24) is 0 Å². The number of halogens is 1. The second-order valence-electron chi connectivity index (χ2n) is 2.68. The molecule has 0 aliphatic heterocycles. The smallest absolute Gasteiger partial charge is 0.236 e. The highest BCUT2D eigenvalue weighted by atomic mass is 35.7. The van der Waals surface area contributed by atoms with Gasteiger partial charge >= 0.3 is 0 Å². The Kier molecular flexibility index (Phi) is 3.69. The molecule has 14 heavy (non-hydrogen) atoms. The molecule has 0 aromatic heterocycles. The number of rotatable bonds is 3. The Morgan fingerprint density at radius 3 is 2.57 bits per heavy atom. The van der Waals surface area contributed by atoms with Gasteiger partial charge in [-0.1, -0.05) is 6.07 Å². The van der Waals surface area contributed by atoms with Gasteiger partial charge in [-0.25, -0.2) is 8.42 Å². The fraction of sp³-hybridized carbons (Fsp3) is 0.250. The van der Waals surface area contributed by atoms with Gasteiger partial charge in [-0.3, -0.25) is 0 Å². The zero-order chi connectivity index (χ0) is 10.8. The van der Waals surface area contributed by atoms with E-state index >= 15 is 0 Å². The first-order chi connectivity index (χ1) is 6.42. The molecular formula is C8H9ClO3S2. The van der Waals surface area contributed by atoms with Gasteiger partial charge in [0.2, 0.25) is 9.05 Å². The molecule has 6 heteroatoms. The van der Waals surface area contributed by atoms with E-state index in [0.29, 0.717) is 5.56 Å². The lowest BCUT2D eigenvalue weighted by Crippen LogP contribution is -1.95. The first-order valence-corrected chi connectivity index (χ1v) is 7.41. The molecule has 1 rings (SSSR count). The van der Waals surface area contributed by atoms with Crippen molar-refractivity contribution in [3.05, 3.63) is 23.8 Å². The Hall–Kier alpha value is -0.390. The van der Waals surface area contributed by atoms with Crippen LogP contribution in [0.3, 0.4) is 0 Å². The summed E-state index contributed by atoms with van der Waals surface area (Å²) in [6.45, 7) is 0. The molecule has 3 nitrogen and oxygen atoms in total. The predicted molar refractivity (Wildman–Crippen MR) is 58.4 cm³/mol. The molecule has 0 saturated carbocycles. The van der Waals surface area contributed by atoms with Gasteiger partial charge in [-0.05, 0) is 18.4 Å². The highest BCUT2D eigenvalue weighted by Crippen LogP contribution is 2.26. The van der Waals surface area contributed by atoms with Crippen LogP contribution >= 0.6 is 22.4 Å². The molecule has 0 fully saturated rings. The minimum atomic E-state index is -3.61. The Labute approximate surface area is 91.5 Å². The van der Waals surface area contributed by atoms with Crippen molar-refractivity contribution in [2.75, 3.05) is 6.26 Å². The molecule has 0 heterocycles. The van der Waals surface area contributed by atoms with E-state index in [1.54, 1.807) is 12.1 Å². The maximum Gasteiger partial charge on any atom is 0.236 e. The van der Waals surface area contributed by atoms with Crippen molar-refractivity contribution in [3.63, 3.8) is 0 Å². The largest absolute Gasteiger partial charge is 0.508 e. The van der Waals surface area contributed by atoms with Gasteiger partial charge in [-0.2, -0.15) is 0 Å². The van der Waals surface area contributed by atoms with Crippen LogP contribution in [0, 0.1) is 0 Å². The summed E-state index contributed by atoms with van der Waals surface area (Å²) in [7, 11) is 1.46. The molecule has 0 aliphatic carbocycles. The molecule has 1 aromatic rings. The van der Waals surface area contributed by atoms with E-state index in [-0.39, 0.29) is 11.5 Å². The van der Waals surface area contributed by atoms with Gasteiger partial charge in [0.1, 0.15) is 5.75 Å². The van der Waals surface area contributed by atoms with Crippen molar-refractivity contribution < 1.29 is 13.5 Å². The minimum Gasteiger partial charge on any atom is -0.508 e. The average Bonchev–Trinajstić information content (AvgIpc) is 2.06. The van der Waals surface area contributed by atoms with Gasteiger partial charge in [0.25, 0.3) is 0 Å². The second kappa shape index (κ2) is 4.42. The number of thioether (sulfide) groups is 1. The van der Waals surface area contributed by atoms with Crippen molar-refractivity contribution in [3.8, 4) is 5.75 Å². The third-order valence-corrected chi connectivity index (χ3v) is 3.33. The summed E-state index contributed by atoms with van der Waals surface area (Å²) in [5.74, 6) is -0.393. The Balaban J connectivity index is 3.01. The molecule has 78 valence electrons. The van der Waals surface area contributed by atoms with Gasteiger partial charge in [0.15, 0.2) is 0 Å². The fourth-order valence-electron chi connectivity index (χ4n) is 0.978. The van der Waals surface area contributed by atoms with Crippen LogP contribution in [0.15, 0.2) is 23.1 Å². The predicted octanol–water partition coefficient (Wildman–Crippen LogP) is 2.18. The zero-order valence-electron chi connectivity index (χ0n) is 7.40. The lowest BCUT2D eigenvalue weighted by molar-refractivity contribution is 0.468. The third-order valence-electron chi connectivity index (χ3n) is 1.62. The normalized spacial score (nSPS) is 11.6. The van der Waals surface area contributed by atoms with E-state index in [9.17, 15) is 13.5 Å². The molecule has 0 atom stereocenters. The SMILES string of the molecule is CSc1ccc(CS(=O)(=O)Cl)c(O)c1. The van der Waals surface area contributed by atoms with E-state index in [1.165, 1.54) is 17.8 Å². The molecule has 0 radical (unpaired) electrons. The summed E-state index contributed by atoms with van der Waals surface area (Å²) in [4.78, 5) is 0.873. The molecular weight excluding hydrogens is 244 g/mol. The maximum absolute atomic E-state index is 10.8. The maximum atomic E-state index is 10.8. The molecule has 0 unspecified atom stereocenters. The second-order valence-corrected chi connectivity index (χ2v) is 6.33. The summed E-state index contributed by atoms with van der Waals surface area (Å²) >= 11 is 1.47. The average molecular weight is 253 g/mol. The molecule has 0 saturated heterocycles. The Morgan fingerprint density at radius 2 is 2.14 bits per heavy atom. The number of benzene rings is 1. The Bertz CT molecular complexity index is 428. The highest BCUT2D eigenvalue weighted by Gasteiger charge is 2.11. The summed E-state index contributed by atoms with van der Waals surface area (Å²) in [5, 5.41) is 9.45. The summed E-state index contributed by atoms with van der Waals surface area (Å²) in [5.41, 5.74) is 0.317. The standard InChI is InChI=1S/C8H9ClO3S2/c1-13-7-3-2-6(8(10)4-7)5-14(9,11)12/h2-4,10H,5H2,1H3. The van der Waals surface area contributed by atoms with E-state index in [4.69, 9.17) is 10.7 Å². The number of aromatic hydroxyl groups is 1. The van der Waals surface area contributed by atoms with Crippen molar-refractivity contribution >= 4 is 31.5 Å². The number of phenols is 1. The lowest BCUT2D eigenvalue weighted by Gasteiger charge is -2.03. The summed E-state index contributed by atoms with van der Waals surface area (Å²) < 4.78 is 21.5. The zero-order valence-corrected chi connectivity index (χ0v) is 9.79. The first-order valence-electron chi connectivity index (χ1n) is 3.70. The van der Waals surface area contributed by atoms with Crippen molar-refractivity contribution in [2.45, 2.75) is 10.6 Å². The number of phenolic OH excluding ortho intramolecular Hbond substituents is 1. The van der Waals surface area contributed by atoms with Gasteiger partial charge < -0.3 is 5.11 Å². The van der Waals surface area contributed by atoms with Crippen LogP contribution in [0.4, 0.5) is 0 Å². The van der Waals surface area contributed by atoms with Crippen molar-refractivity contribution in [2.24, 2.45) is 0 Å². The molecule has 1 aromatic carbocycles. The van der Waals surface area contributed by atoms with Crippen LogP contribution in [0.2, 0.25) is 0 Å². The molecule has 0 bridgehead atoms. The van der Waals surface area contributed by atoms with Crippen LogP contribution in [0.5, 0.6) is 5.75 Å². The van der Waals surface area contributed by atoms with Gasteiger partial charge in [0.05, 0.1) is 5.75 Å². The Morgan fingerprint density at radius 1 is 1.50 bits per heavy atom. The third kappa shape index (κ3) is 3.40. The van der Waals surface area contributed by atoms with Crippen LogP contribution in [-0.4, -0.2) is 19.8 Å². The van der Waals surface area contributed by atoms with Crippen molar-refractivity contribution in [1.29, 1.82) is 0 Å². The molecule has 0 amide bonds. The monoisotopic (exact) mass is 252 g/mol.